The average Bonchev–Trinajstić information content (AvgIpc) is 2.45. The molecule has 0 fully saturated rings. The summed E-state index contributed by atoms with van der Waals surface area (Å²) in [7, 11) is 0. The lowest BCUT2D eigenvalue weighted by atomic mass is 10.1. The highest BCUT2D eigenvalue weighted by Gasteiger charge is 2.02. The van der Waals surface area contributed by atoms with Crippen molar-refractivity contribution < 1.29 is 14.3 Å². The smallest absolute Gasteiger partial charge is 0.305 e. The summed E-state index contributed by atoms with van der Waals surface area (Å²) >= 11 is 0. The van der Waals surface area contributed by atoms with Gasteiger partial charge in [-0.2, -0.15) is 0 Å². The van der Waals surface area contributed by atoms with Gasteiger partial charge in [-0.1, -0.05) is 52.4 Å². The summed E-state index contributed by atoms with van der Waals surface area (Å²) in [6, 6.07) is 0. The van der Waals surface area contributed by atoms with Crippen LogP contribution in [0.2, 0.25) is 0 Å². The van der Waals surface area contributed by atoms with Crippen LogP contribution in [0, 0.1) is 0 Å². The molecule has 0 saturated carbocycles. The zero-order valence-electron chi connectivity index (χ0n) is 13.6. The number of carbonyl (C=O) groups excluding carboxylic acids is 1. The quantitative estimate of drug-likeness (QED) is 0.318. The molecule has 0 aliphatic carbocycles. The summed E-state index contributed by atoms with van der Waals surface area (Å²) < 4.78 is 10.6. The van der Waals surface area contributed by atoms with E-state index in [1.807, 2.05) is 0 Å². The summed E-state index contributed by atoms with van der Waals surface area (Å²) in [6.45, 7) is 6.60. The second-order valence-corrected chi connectivity index (χ2v) is 5.41. The summed E-state index contributed by atoms with van der Waals surface area (Å²) in [5, 5.41) is 0. The molecule has 0 aromatic heterocycles. The number of hydrogen-bond donors (Lipinski definition) is 0. The number of carbonyl (C=O) groups is 1. The van der Waals surface area contributed by atoms with Gasteiger partial charge in [-0.25, -0.2) is 0 Å². The van der Waals surface area contributed by atoms with E-state index in [1.54, 1.807) is 0 Å². The van der Waals surface area contributed by atoms with Gasteiger partial charge in [0.05, 0.1) is 6.61 Å². The minimum absolute atomic E-state index is 0.0342. The fraction of sp³-hybridized carbons (Fsp3) is 0.941. The molecule has 0 saturated heterocycles. The third-order valence-electron chi connectivity index (χ3n) is 3.28. The van der Waals surface area contributed by atoms with Gasteiger partial charge in [-0.3, -0.25) is 4.79 Å². The SMILES string of the molecule is CCCCCCCCOC(=O)CCCCCOCCC. The van der Waals surface area contributed by atoms with E-state index < -0.39 is 0 Å². The zero-order chi connectivity index (χ0) is 14.9. The normalized spacial score (nSPS) is 10.7. The van der Waals surface area contributed by atoms with Gasteiger partial charge < -0.3 is 9.47 Å². The molecular weight excluding hydrogens is 252 g/mol. The van der Waals surface area contributed by atoms with Gasteiger partial charge >= 0.3 is 5.97 Å². The fourth-order valence-electron chi connectivity index (χ4n) is 2.04. The lowest BCUT2D eigenvalue weighted by Crippen LogP contribution is -2.06. The van der Waals surface area contributed by atoms with Crippen molar-refractivity contribution >= 4 is 5.97 Å². The Morgan fingerprint density at radius 2 is 1.35 bits per heavy atom. The number of rotatable bonds is 15. The highest BCUT2D eigenvalue weighted by molar-refractivity contribution is 5.69. The molecule has 0 aromatic rings. The van der Waals surface area contributed by atoms with Crippen LogP contribution in [0.4, 0.5) is 0 Å². The van der Waals surface area contributed by atoms with Crippen molar-refractivity contribution in [3.8, 4) is 0 Å². The summed E-state index contributed by atoms with van der Waals surface area (Å²) in [4.78, 5) is 11.5. The Morgan fingerprint density at radius 1 is 0.700 bits per heavy atom. The molecule has 0 radical (unpaired) electrons. The monoisotopic (exact) mass is 286 g/mol. The molecule has 3 heteroatoms. The van der Waals surface area contributed by atoms with Crippen LogP contribution in [0.25, 0.3) is 0 Å². The Kier molecular flexibility index (Phi) is 16.0. The second-order valence-electron chi connectivity index (χ2n) is 5.41. The van der Waals surface area contributed by atoms with Crippen molar-refractivity contribution in [2.24, 2.45) is 0 Å². The maximum absolute atomic E-state index is 11.5. The lowest BCUT2D eigenvalue weighted by molar-refractivity contribution is -0.143. The Morgan fingerprint density at radius 3 is 2.10 bits per heavy atom. The van der Waals surface area contributed by atoms with Gasteiger partial charge in [0.1, 0.15) is 0 Å². The molecule has 0 heterocycles. The summed E-state index contributed by atoms with van der Waals surface area (Å²) in [5.41, 5.74) is 0. The first-order chi connectivity index (χ1) is 9.81. The molecule has 0 atom stereocenters. The van der Waals surface area contributed by atoms with Gasteiger partial charge in [-0.15, -0.1) is 0 Å². The van der Waals surface area contributed by atoms with E-state index in [0.29, 0.717) is 13.0 Å². The third kappa shape index (κ3) is 15.5. The first-order valence-corrected chi connectivity index (χ1v) is 8.54. The van der Waals surface area contributed by atoms with Crippen LogP contribution in [0.1, 0.15) is 84.5 Å². The van der Waals surface area contributed by atoms with Crippen LogP contribution in [0.15, 0.2) is 0 Å². The zero-order valence-corrected chi connectivity index (χ0v) is 13.6. The highest BCUT2D eigenvalue weighted by Crippen LogP contribution is 2.06. The fourth-order valence-corrected chi connectivity index (χ4v) is 2.04. The van der Waals surface area contributed by atoms with Crippen LogP contribution >= 0.6 is 0 Å². The van der Waals surface area contributed by atoms with E-state index in [1.165, 1.54) is 32.1 Å². The first-order valence-electron chi connectivity index (χ1n) is 8.54. The van der Waals surface area contributed by atoms with Crippen molar-refractivity contribution in [1.82, 2.24) is 0 Å². The predicted molar refractivity (Wildman–Crippen MR) is 83.9 cm³/mol. The topological polar surface area (TPSA) is 35.5 Å². The van der Waals surface area contributed by atoms with E-state index in [9.17, 15) is 4.79 Å². The molecule has 0 N–H and O–H groups in total. The largest absolute Gasteiger partial charge is 0.466 e. The molecule has 3 nitrogen and oxygen atoms in total. The Balaban J connectivity index is 3.13. The van der Waals surface area contributed by atoms with Crippen molar-refractivity contribution in [2.75, 3.05) is 19.8 Å². The van der Waals surface area contributed by atoms with Crippen molar-refractivity contribution in [1.29, 1.82) is 0 Å². The molecule has 0 amide bonds. The average molecular weight is 286 g/mol. The highest BCUT2D eigenvalue weighted by atomic mass is 16.5. The molecule has 0 aliphatic rings. The molecular formula is C17H34O3. The van der Waals surface area contributed by atoms with Crippen molar-refractivity contribution in [3.05, 3.63) is 0 Å². The number of ether oxygens (including phenoxy) is 2. The van der Waals surface area contributed by atoms with Gasteiger partial charge in [0.2, 0.25) is 0 Å². The van der Waals surface area contributed by atoms with Crippen molar-refractivity contribution in [2.45, 2.75) is 84.5 Å². The Bertz CT molecular complexity index is 184. The molecule has 20 heavy (non-hydrogen) atoms. The molecule has 0 rings (SSSR count). The van der Waals surface area contributed by atoms with Gasteiger partial charge in [-0.05, 0) is 25.7 Å². The first kappa shape index (κ1) is 19.4. The maximum atomic E-state index is 11.5. The van der Waals surface area contributed by atoms with Crippen LogP contribution < -0.4 is 0 Å². The summed E-state index contributed by atoms with van der Waals surface area (Å²) in [6.07, 6.45) is 12.0. The van der Waals surface area contributed by atoms with E-state index >= 15 is 0 Å². The molecule has 0 aliphatic heterocycles. The minimum atomic E-state index is -0.0342. The molecule has 0 unspecified atom stereocenters. The van der Waals surface area contributed by atoms with Crippen LogP contribution in [-0.4, -0.2) is 25.8 Å². The molecule has 120 valence electrons. The van der Waals surface area contributed by atoms with Crippen LogP contribution in [0.5, 0.6) is 0 Å². The van der Waals surface area contributed by atoms with Gasteiger partial charge in [0.15, 0.2) is 0 Å². The number of esters is 1. The lowest BCUT2D eigenvalue weighted by Gasteiger charge is -2.05. The van der Waals surface area contributed by atoms with E-state index in [-0.39, 0.29) is 5.97 Å². The Hall–Kier alpha value is -0.570. The molecule has 0 bridgehead atoms. The molecule has 0 aromatic carbocycles. The summed E-state index contributed by atoms with van der Waals surface area (Å²) in [5.74, 6) is -0.0342. The number of unbranched alkanes of at least 4 members (excludes halogenated alkanes) is 7. The minimum Gasteiger partial charge on any atom is -0.466 e. The van der Waals surface area contributed by atoms with Crippen LogP contribution in [0.3, 0.4) is 0 Å². The van der Waals surface area contributed by atoms with E-state index in [2.05, 4.69) is 13.8 Å². The maximum Gasteiger partial charge on any atom is 0.305 e. The van der Waals surface area contributed by atoms with E-state index in [0.717, 1.165) is 45.3 Å². The molecule has 0 spiro atoms. The second kappa shape index (κ2) is 16.5. The third-order valence-corrected chi connectivity index (χ3v) is 3.28. The Labute approximate surface area is 125 Å². The van der Waals surface area contributed by atoms with Gasteiger partial charge in [0.25, 0.3) is 0 Å². The van der Waals surface area contributed by atoms with E-state index in [4.69, 9.17) is 9.47 Å². The van der Waals surface area contributed by atoms with Crippen LogP contribution in [-0.2, 0) is 14.3 Å². The standard InChI is InChI=1S/C17H34O3/c1-3-5-6-7-8-12-16-20-17(18)13-10-9-11-15-19-14-4-2/h3-16H2,1-2H3. The van der Waals surface area contributed by atoms with Gasteiger partial charge in [0, 0.05) is 19.6 Å². The predicted octanol–water partition coefficient (Wildman–Crippen LogP) is 4.88. The number of hydrogen-bond acceptors (Lipinski definition) is 3. The van der Waals surface area contributed by atoms with Crippen molar-refractivity contribution in [3.63, 3.8) is 0 Å².